The van der Waals surface area contributed by atoms with E-state index in [4.69, 9.17) is 4.74 Å². The molecule has 5 heteroatoms. The predicted molar refractivity (Wildman–Crippen MR) is 90.5 cm³/mol. The number of rotatable bonds is 6. The van der Waals surface area contributed by atoms with Crippen LogP contribution in [0.1, 0.15) is 42.7 Å². The summed E-state index contributed by atoms with van der Waals surface area (Å²) >= 11 is 0. The third-order valence-electron chi connectivity index (χ3n) is 4.98. The Morgan fingerprint density at radius 3 is 2.88 bits per heavy atom. The molecule has 1 aromatic carbocycles. The smallest absolute Gasteiger partial charge is 0.241 e. The molecule has 1 amide bonds. The molecule has 0 radical (unpaired) electrons. The van der Waals surface area contributed by atoms with E-state index in [9.17, 15) is 4.79 Å². The van der Waals surface area contributed by atoms with Crippen LogP contribution in [-0.4, -0.2) is 28.8 Å². The summed E-state index contributed by atoms with van der Waals surface area (Å²) in [6.07, 6.45) is 8.33. The maximum atomic E-state index is 12.3. The van der Waals surface area contributed by atoms with E-state index in [1.165, 1.54) is 18.4 Å². The van der Waals surface area contributed by atoms with Gasteiger partial charge in [-0.3, -0.25) is 9.48 Å². The molecule has 126 valence electrons. The number of nitrogens with zero attached hydrogens (tertiary/aromatic N) is 2. The van der Waals surface area contributed by atoms with Gasteiger partial charge in [-0.1, -0.05) is 30.3 Å². The summed E-state index contributed by atoms with van der Waals surface area (Å²) in [6.45, 7) is 1.51. The largest absolute Gasteiger partial charge is 0.368 e. The van der Waals surface area contributed by atoms with Crippen molar-refractivity contribution in [1.82, 2.24) is 15.1 Å². The van der Waals surface area contributed by atoms with Crippen molar-refractivity contribution in [2.24, 2.45) is 0 Å². The fourth-order valence-corrected chi connectivity index (χ4v) is 3.45. The van der Waals surface area contributed by atoms with Crippen LogP contribution in [0.4, 0.5) is 0 Å². The van der Waals surface area contributed by atoms with Crippen molar-refractivity contribution in [3.8, 4) is 0 Å². The van der Waals surface area contributed by atoms with Crippen LogP contribution in [0, 0.1) is 0 Å². The van der Waals surface area contributed by atoms with E-state index in [1.807, 2.05) is 30.6 Å². The Labute approximate surface area is 142 Å². The molecule has 1 atom stereocenters. The third-order valence-corrected chi connectivity index (χ3v) is 4.98. The van der Waals surface area contributed by atoms with Gasteiger partial charge >= 0.3 is 0 Å². The van der Waals surface area contributed by atoms with Crippen molar-refractivity contribution < 1.29 is 9.53 Å². The van der Waals surface area contributed by atoms with Crippen LogP contribution in [0.3, 0.4) is 0 Å². The summed E-state index contributed by atoms with van der Waals surface area (Å²) in [5, 5.41) is 7.34. The van der Waals surface area contributed by atoms with E-state index in [1.54, 1.807) is 4.68 Å². The molecule has 2 heterocycles. The lowest BCUT2D eigenvalue weighted by Crippen LogP contribution is -2.41. The second-order valence-corrected chi connectivity index (χ2v) is 6.83. The number of hydrogen-bond acceptors (Lipinski definition) is 3. The highest BCUT2D eigenvalue weighted by Gasteiger charge is 2.37. The number of nitrogens with one attached hydrogen (secondary N) is 1. The van der Waals surface area contributed by atoms with Crippen molar-refractivity contribution in [2.75, 3.05) is 13.2 Å². The molecule has 2 aromatic rings. The van der Waals surface area contributed by atoms with Gasteiger partial charge < -0.3 is 10.1 Å². The van der Waals surface area contributed by atoms with Gasteiger partial charge in [0.15, 0.2) is 0 Å². The third kappa shape index (κ3) is 3.22. The summed E-state index contributed by atoms with van der Waals surface area (Å²) in [4.78, 5) is 12.3. The molecule has 5 nitrogen and oxygen atoms in total. The van der Waals surface area contributed by atoms with Crippen LogP contribution in [0.5, 0.6) is 0 Å². The van der Waals surface area contributed by atoms with Crippen LogP contribution in [0.25, 0.3) is 0 Å². The van der Waals surface area contributed by atoms with Gasteiger partial charge in [-0.15, -0.1) is 0 Å². The number of amides is 1. The first-order valence-electron chi connectivity index (χ1n) is 8.74. The monoisotopic (exact) mass is 325 g/mol. The molecule has 2 aliphatic rings. The Kier molecular flexibility index (Phi) is 4.10. The summed E-state index contributed by atoms with van der Waals surface area (Å²) in [7, 11) is 0. The average molecular weight is 325 g/mol. The van der Waals surface area contributed by atoms with Crippen molar-refractivity contribution in [3.05, 3.63) is 53.9 Å². The van der Waals surface area contributed by atoms with Gasteiger partial charge in [0.05, 0.1) is 12.7 Å². The first-order valence-corrected chi connectivity index (χ1v) is 8.74. The summed E-state index contributed by atoms with van der Waals surface area (Å²) < 4.78 is 7.76. The lowest BCUT2D eigenvalue weighted by molar-refractivity contribution is -0.123. The highest BCUT2D eigenvalue weighted by atomic mass is 16.5. The molecule has 1 saturated carbocycles. The van der Waals surface area contributed by atoms with Crippen molar-refractivity contribution in [2.45, 2.75) is 43.7 Å². The van der Waals surface area contributed by atoms with E-state index in [0.717, 1.165) is 25.0 Å². The zero-order chi connectivity index (χ0) is 16.4. The quantitative estimate of drug-likeness (QED) is 0.888. The molecule has 2 fully saturated rings. The van der Waals surface area contributed by atoms with Crippen molar-refractivity contribution >= 4 is 5.91 Å². The normalized spacial score (nSPS) is 23.3. The Morgan fingerprint density at radius 1 is 1.33 bits per heavy atom. The predicted octanol–water partition coefficient (Wildman–Crippen LogP) is 2.58. The SMILES string of the molecule is O=C(Cn1cc(C2CC2)cn1)NCC1(c2ccccc2)CCCO1. The maximum absolute atomic E-state index is 12.3. The Balaban J connectivity index is 1.37. The van der Waals surface area contributed by atoms with Crippen LogP contribution in [-0.2, 0) is 21.7 Å². The van der Waals surface area contributed by atoms with Gasteiger partial charge in [-0.25, -0.2) is 0 Å². The topological polar surface area (TPSA) is 56.2 Å². The van der Waals surface area contributed by atoms with E-state index in [-0.39, 0.29) is 18.1 Å². The number of aromatic nitrogens is 2. The zero-order valence-electron chi connectivity index (χ0n) is 13.8. The number of carbonyl (C=O) groups is 1. The second kappa shape index (κ2) is 6.40. The number of ether oxygens (including phenoxy) is 1. The molecule has 0 bridgehead atoms. The molecular formula is C19H23N3O2. The Morgan fingerprint density at radius 2 is 2.17 bits per heavy atom. The van der Waals surface area contributed by atoms with Crippen molar-refractivity contribution in [3.63, 3.8) is 0 Å². The van der Waals surface area contributed by atoms with Gasteiger partial charge in [-0.2, -0.15) is 5.10 Å². The maximum Gasteiger partial charge on any atom is 0.241 e. The zero-order valence-corrected chi connectivity index (χ0v) is 13.8. The summed E-state index contributed by atoms with van der Waals surface area (Å²) in [5.41, 5.74) is 2.00. The minimum atomic E-state index is -0.389. The van der Waals surface area contributed by atoms with E-state index in [0.29, 0.717) is 12.5 Å². The van der Waals surface area contributed by atoms with E-state index in [2.05, 4.69) is 22.5 Å². The standard InChI is InChI=1S/C19H23N3O2/c23-18(13-22-12-16(11-21-22)15-7-8-15)20-14-19(9-4-10-24-19)17-5-2-1-3-6-17/h1-3,5-6,11-12,15H,4,7-10,13-14H2,(H,20,23). The van der Waals surface area contributed by atoms with Gasteiger partial charge in [0.1, 0.15) is 12.1 Å². The highest BCUT2D eigenvalue weighted by Crippen LogP contribution is 2.39. The Bertz CT molecular complexity index is 700. The summed E-state index contributed by atoms with van der Waals surface area (Å²) in [5.74, 6) is 0.640. The molecule has 1 saturated heterocycles. The molecule has 1 N–H and O–H groups in total. The van der Waals surface area contributed by atoms with Crippen molar-refractivity contribution in [1.29, 1.82) is 0 Å². The molecule has 1 aromatic heterocycles. The molecule has 4 rings (SSSR count). The van der Waals surface area contributed by atoms with Crippen LogP contribution in [0.15, 0.2) is 42.7 Å². The van der Waals surface area contributed by atoms with Gasteiger partial charge in [-0.05, 0) is 42.7 Å². The molecule has 24 heavy (non-hydrogen) atoms. The van der Waals surface area contributed by atoms with Gasteiger partial charge in [0.2, 0.25) is 5.91 Å². The first kappa shape index (κ1) is 15.4. The van der Waals surface area contributed by atoms with E-state index >= 15 is 0 Å². The number of hydrogen-bond donors (Lipinski definition) is 1. The van der Waals surface area contributed by atoms with Crippen LogP contribution < -0.4 is 5.32 Å². The highest BCUT2D eigenvalue weighted by molar-refractivity contribution is 5.75. The van der Waals surface area contributed by atoms with Gasteiger partial charge in [0.25, 0.3) is 0 Å². The summed E-state index contributed by atoms with van der Waals surface area (Å²) in [6, 6.07) is 10.2. The second-order valence-electron chi connectivity index (χ2n) is 6.83. The van der Waals surface area contributed by atoms with Crippen LogP contribution >= 0.6 is 0 Å². The lowest BCUT2D eigenvalue weighted by atomic mass is 9.90. The molecule has 0 spiro atoms. The first-order chi connectivity index (χ1) is 11.8. The van der Waals surface area contributed by atoms with Gasteiger partial charge in [0, 0.05) is 12.8 Å². The van der Waals surface area contributed by atoms with Crippen LogP contribution in [0.2, 0.25) is 0 Å². The minimum absolute atomic E-state index is 0.0220. The number of carbonyl (C=O) groups excluding carboxylic acids is 1. The Hall–Kier alpha value is -2.14. The average Bonchev–Trinajstić information content (AvgIpc) is 3.17. The number of benzene rings is 1. The fourth-order valence-electron chi connectivity index (χ4n) is 3.45. The lowest BCUT2D eigenvalue weighted by Gasteiger charge is -2.29. The molecule has 1 aliphatic heterocycles. The minimum Gasteiger partial charge on any atom is -0.368 e. The molecule has 1 unspecified atom stereocenters. The van der Waals surface area contributed by atoms with E-state index < -0.39 is 0 Å². The molecule has 1 aliphatic carbocycles. The molecular weight excluding hydrogens is 302 g/mol. The fraction of sp³-hybridized carbons (Fsp3) is 0.474.